The molecule has 5 heteroatoms. The summed E-state index contributed by atoms with van der Waals surface area (Å²) in [7, 11) is 0. The molecule has 0 amide bonds. The van der Waals surface area contributed by atoms with Crippen molar-refractivity contribution < 1.29 is 9.47 Å². The van der Waals surface area contributed by atoms with Crippen LogP contribution in [0, 0.1) is 0 Å². The molecule has 0 unspecified atom stereocenters. The molecule has 94 valence electrons. The molecular formula is C13H14N2O3. The van der Waals surface area contributed by atoms with Gasteiger partial charge in [-0.1, -0.05) is 6.07 Å². The fraction of sp³-hybridized carbons (Fsp3) is 0.385. The Morgan fingerprint density at radius 2 is 2.17 bits per heavy atom. The second-order valence-corrected chi connectivity index (χ2v) is 4.34. The number of hydrogen-bond donors (Lipinski definition) is 1. The number of nitrogens with zero attached hydrogens (tertiary/aromatic N) is 1. The van der Waals surface area contributed by atoms with Gasteiger partial charge < -0.3 is 14.5 Å². The van der Waals surface area contributed by atoms with Gasteiger partial charge in [0.25, 0.3) is 0 Å². The summed E-state index contributed by atoms with van der Waals surface area (Å²) >= 11 is 0. The fourth-order valence-corrected chi connectivity index (χ4v) is 2.13. The second-order valence-electron chi connectivity index (χ2n) is 4.34. The average molecular weight is 246 g/mol. The van der Waals surface area contributed by atoms with Crippen molar-refractivity contribution in [3.63, 3.8) is 0 Å². The lowest BCUT2D eigenvalue weighted by atomic mass is 10.1. The molecule has 0 aliphatic carbocycles. The lowest BCUT2D eigenvalue weighted by Gasteiger charge is -2.23. The molecule has 2 heterocycles. The van der Waals surface area contributed by atoms with Crippen LogP contribution >= 0.6 is 0 Å². The zero-order valence-corrected chi connectivity index (χ0v) is 9.89. The van der Waals surface area contributed by atoms with Gasteiger partial charge in [0.1, 0.15) is 11.9 Å². The molecule has 0 saturated carbocycles. The van der Waals surface area contributed by atoms with Crippen LogP contribution in [0.5, 0.6) is 5.75 Å². The number of rotatable bonds is 2. The van der Waals surface area contributed by atoms with Gasteiger partial charge in [0.15, 0.2) is 0 Å². The maximum absolute atomic E-state index is 11.2. The van der Waals surface area contributed by atoms with E-state index in [0.29, 0.717) is 0 Å². The minimum absolute atomic E-state index is 0.177. The first-order valence-corrected chi connectivity index (χ1v) is 6.05. The van der Waals surface area contributed by atoms with Gasteiger partial charge in [-0.3, -0.25) is 0 Å². The lowest BCUT2D eigenvalue weighted by Crippen LogP contribution is -2.26. The van der Waals surface area contributed by atoms with Crippen molar-refractivity contribution in [2.45, 2.75) is 18.9 Å². The number of nitrogens with one attached hydrogen (secondary N) is 1. The lowest BCUT2D eigenvalue weighted by molar-refractivity contribution is 0.0262. The number of fused-ring (bicyclic) bond motifs is 1. The van der Waals surface area contributed by atoms with Crippen molar-refractivity contribution in [2.75, 3.05) is 13.2 Å². The minimum Gasteiger partial charge on any atom is -0.489 e. The quantitative estimate of drug-likeness (QED) is 0.871. The number of H-pyrrole nitrogens is 1. The first-order chi connectivity index (χ1) is 8.83. The second kappa shape index (κ2) is 4.78. The van der Waals surface area contributed by atoms with E-state index in [9.17, 15) is 4.79 Å². The predicted octanol–water partition coefficient (Wildman–Crippen LogP) is 1.48. The molecule has 1 fully saturated rings. The van der Waals surface area contributed by atoms with Crippen LogP contribution in [0.3, 0.4) is 0 Å². The summed E-state index contributed by atoms with van der Waals surface area (Å²) in [6, 6.07) is 5.61. The number of benzene rings is 1. The zero-order valence-electron chi connectivity index (χ0n) is 9.89. The summed E-state index contributed by atoms with van der Waals surface area (Å²) in [5.74, 6) is 0.767. The van der Waals surface area contributed by atoms with Crippen LogP contribution < -0.4 is 10.4 Å². The molecule has 3 rings (SSSR count). The Labute approximate surface area is 104 Å². The summed E-state index contributed by atoms with van der Waals surface area (Å²) in [5, 5.41) is 0.837. The fourth-order valence-electron chi connectivity index (χ4n) is 2.13. The van der Waals surface area contributed by atoms with E-state index in [4.69, 9.17) is 9.47 Å². The SMILES string of the molecule is O=c1ncc2c(OC3CCOCC3)cccc2[nH]1. The van der Waals surface area contributed by atoms with Gasteiger partial charge in [-0.25, -0.2) is 9.78 Å². The first kappa shape index (κ1) is 11.2. The molecule has 0 bridgehead atoms. The van der Waals surface area contributed by atoms with E-state index in [1.54, 1.807) is 6.20 Å². The molecule has 1 saturated heterocycles. The number of aromatic nitrogens is 2. The average Bonchev–Trinajstić information content (AvgIpc) is 2.40. The van der Waals surface area contributed by atoms with Crippen molar-refractivity contribution in [1.82, 2.24) is 9.97 Å². The summed E-state index contributed by atoms with van der Waals surface area (Å²) < 4.78 is 11.3. The van der Waals surface area contributed by atoms with E-state index in [-0.39, 0.29) is 11.8 Å². The van der Waals surface area contributed by atoms with E-state index >= 15 is 0 Å². The smallest absolute Gasteiger partial charge is 0.345 e. The summed E-state index contributed by atoms with van der Waals surface area (Å²) in [5.41, 5.74) is 0.408. The Balaban J connectivity index is 1.93. The molecule has 5 nitrogen and oxygen atoms in total. The third kappa shape index (κ3) is 2.22. The van der Waals surface area contributed by atoms with Crippen LogP contribution in [0.25, 0.3) is 10.9 Å². The molecule has 18 heavy (non-hydrogen) atoms. The van der Waals surface area contributed by atoms with Gasteiger partial charge in [-0.2, -0.15) is 0 Å². The van der Waals surface area contributed by atoms with E-state index in [1.807, 2.05) is 18.2 Å². The monoisotopic (exact) mass is 246 g/mol. The Hall–Kier alpha value is -1.88. The molecule has 1 aromatic carbocycles. The number of aromatic amines is 1. The van der Waals surface area contributed by atoms with Gasteiger partial charge in [-0.05, 0) is 12.1 Å². The molecule has 0 spiro atoms. The summed E-state index contributed by atoms with van der Waals surface area (Å²) in [4.78, 5) is 17.6. The summed E-state index contributed by atoms with van der Waals surface area (Å²) in [6.07, 6.45) is 3.53. The topological polar surface area (TPSA) is 64.2 Å². The Morgan fingerprint density at radius 1 is 1.33 bits per heavy atom. The number of hydrogen-bond acceptors (Lipinski definition) is 4. The maximum atomic E-state index is 11.2. The van der Waals surface area contributed by atoms with Crippen molar-refractivity contribution in [3.8, 4) is 5.75 Å². The highest BCUT2D eigenvalue weighted by atomic mass is 16.5. The maximum Gasteiger partial charge on any atom is 0.345 e. The number of ether oxygens (including phenoxy) is 2. The highest BCUT2D eigenvalue weighted by Crippen LogP contribution is 2.25. The Bertz CT molecular complexity index is 602. The van der Waals surface area contributed by atoms with Crippen LogP contribution in [0.2, 0.25) is 0 Å². The van der Waals surface area contributed by atoms with Crippen molar-refractivity contribution in [1.29, 1.82) is 0 Å². The van der Waals surface area contributed by atoms with Crippen LogP contribution in [-0.2, 0) is 4.74 Å². The molecule has 0 radical (unpaired) electrons. The molecule has 2 aromatic rings. The first-order valence-electron chi connectivity index (χ1n) is 6.05. The predicted molar refractivity (Wildman–Crippen MR) is 66.8 cm³/mol. The van der Waals surface area contributed by atoms with Crippen molar-refractivity contribution >= 4 is 10.9 Å². The Morgan fingerprint density at radius 3 is 3.00 bits per heavy atom. The highest BCUT2D eigenvalue weighted by molar-refractivity contribution is 5.83. The van der Waals surface area contributed by atoms with Crippen molar-refractivity contribution in [2.24, 2.45) is 0 Å². The van der Waals surface area contributed by atoms with Crippen LogP contribution in [0.1, 0.15) is 12.8 Å². The van der Waals surface area contributed by atoms with Gasteiger partial charge in [0, 0.05) is 19.0 Å². The highest BCUT2D eigenvalue weighted by Gasteiger charge is 2.16. The largest absolute Gasteiger partial charge is 0.489 e. The standard InChI is InChI=1S/C13H14N2O3/c16-13-14-8-10-11(15-13)2-1-3-12(10)18-9-4-6-17-7-5-9/h1-3,8-9H,4-7H2,(H,14,15,16). The normalized spacial score (nSPS) is 16.9. The molecule has 1 aliphatic heterocycles. The Kier molecular flexibility index (Phi) is 2.98. The van der Waals surface area contributed by atoms with Crippen LogP contribution in [0.15, 0.2) is 29.2 Å². The minimum atomic E-state index is -0.342. The molecule has 1 N–H and O–H groups in total. The third-order valence-corrected chi connectivity index (χ3v) is 3.08. The third-order valence-electron chi connectivity index (χ3n) is 3.08. The van der Waals surface area contributed by atoms with E-state index < -0.39 is 0 Å². The zero-order chi connectivity index (χ0) is 12.4. The van der Waals surface area contributed by atoms with Gasteiger partial charge >= 0.3 is 5.69 Å². The van der Waals surface area contributed by atoms with Crippen molar-refractivity contribution in [3.05, 3.63) is 34.9 Å². The summed E-state index contributed by atoms with van der Waals surface area (Å²) in [6.45, 7) is 1.48. The molecule has 0 atom stereocenters. The van der Waals surface area contributed by atoms with E-state index in [0.717, 1.165) is 42.7 Å². The van der Waals surface area contributed by atoms with Gasteiger partial charge in [0.05, 0.1) is 24.1 Å². The van der Waals surface area contributed by atoms with E-state index in [2.05, 4.69) is 9.97 Å². The molecule has 1 aromatic heterocycles. The van der Waals surface area contributed by atoms with Crippen LogP contribution in [-0.4, -0.2) is 29.3 Å². The van der Waals surface area contributed by atoms with E-state index in [1.165, 1.54) is 0 Å². The molecule has 1 aliphatic rings. The van der Waals surface area contributed by atoms with Crippen LogP contribution in [0.4, 0.5) is 0 Å². The van der Waals surface area contributed by atoms with Gasteiger partial charge in [-0.15, -0.1) is 0 Å². The van der Waals surface area contributed by atoms with Gasteiger partial charge in [0.2, 0.25) is 0 Å². The molecular weight excluding hydrogens is 232 g/mol.